The number of carbonyl (C=O) groups is 2. The topological polar surface area (TPSA) is 80.3 Å². The molecule has 0 spiro atoms. The van der Waals surface area contributed by atoms with E-state index in [9.17, 15) is 9.59 Å². The van der Waals surface area contributed by atoms with Gasteiger partial charge in [-0.15, -0.1) is 0 Å². The Morgan fingerprint density at radius 2 is 1.47 bits per heavy atom. The van der Waals surface area contributed by atoms with Crippen LogP contribution in [0, 0.1) is 0 Å². The zero-order valence-corrected chi connectivity index (χ0v) is 23.4. The van der Waals surface area contributed by atoms with Crippen LogP contribution in [0.5, 0.6) is 0 Å². The predicted molar refractivity (Wildman–Crippen MR) is 127 cm³/mol. The van der Waals surface area contributed by atoms with Crippen LogP contribution in [0.25, 0.3) is 0 Å². The van der Waals surface area contributed by atoms with E-state index >= 15 is 0 Å². The van der Waals surface area contributed by atoms with E-state index in [0.717, 1.165) is 12.5 Å². The Balaban J connectivity index is 4.67. The number of hydrogen-bond acceptors (Lipinski definition) is 7. The van der Waals surface area contributed by atoms with E-state index in [1.165, 1.54) is 0 Å². The molecule has 176 valence electrons. The molecule has 0 radical (unpaired) electrons. The molecular formula is C20H42O7Si3. The Kier molecular flexibility index (Phi) is 12.6. The Labute approximate surface area is 186 Å². The molecule has 30 heavy (non-hydrogen) atoms. The van der Waals surface area contributed by atoms with Crippen LogP contribution >= 0.6 is 0 Å². The molecule has 0 amide bonds. The van der Waals surface area contributed by atoms with Crippen molar-refractivity contribution in [3.8, 4) is 0 Å². The van der Waals surface area contributed by atoms with Crippen molar-refractivity contribution in [3.05, 3.63) is 12.2 Å². The summed E-state index contributed by atoms with van der Waals surface area (Å²) in [6, 6.07) is 0.839. The van der Waals surface area contributed by atoms with Crippen molar-refractivity contribution in [2.24, 2.45) is 0 Å². The molecule has 0 heterocycles. The molecule has 0 aliphatic carbocycles. The molecule has 0 aromatic rings. The van der Waals surface area contributed by atoms with Gasteiger partial charge in [-0.05, 0) is 65.2 Å². The molecule has 0 aromatic heterocycles. The van der Waals surface area contributed by atoms with Crippen molar-refractivity contribution >= 4 is 37.1 Å². The fraction of sp³-hybridized carbons (Fsp3) is 0.800. The first-order valence-electron chi connectivity index (χ1n) is 10.6. The molecule has 7 nitrogen and oxygen atoms in total. The van der Waals surface area contributed by atoms with Gasteiger partial charge in [0.05, 0.1) is 6.61 Å². The molecule has 0 aromatic carbocycles. The lowest BCUT2D eigenvalue weighted by Gasteiger charge is -2.38. The summed E-state index contributed by atoms with van der Waals surface area (Å²) in [5.41, 5.74) is 0.297. The van der Waals surface area contributed by atoms with Crippen molar-refractivity contribution in [1.29, 1.82) is 0 Å². The van der Waals surface area contributed by atoms with Gasteiger partial charge in [0, 0.05) is 18.6 Å². The highest BCUT2D eigenvalue weighted by atomic mass is 28.5. The van der Waals surface area contributed by atoms with Crippen LogP contribution in [0.3, 0.4) is 0 Å². The number of hydrogen-bond donors (Lipinski definition) is 0. The first-order valence-corrected chi connectivity index (χ1v) is 19.9. The minimum atomic E-state index is -2.29. The summed E-state index contributed by atoms with van der Waals surface area (Å²) in [5.74, 6) is -0.872. The molecule has 0 aliphatic heterocycles. The third-order valence-electron chi connectivity index (χ3n) is 3.60. The maximum absolute atomic E-state index is 11.6. The van der Waals surface area contributed by atoms with Crippen molar-refractivity contribution in [2.75, 3.05) is 19.8 Å². The van der Waals surface area contributed by atoms with Crippen LogP contribution < -0.4 is 0 Å². The van der Waals surface area contributed by atoms with Crippen LogP contribution in [0.1, 0.15) is 26.7 Å². The van der Waals surface area contributed by atoms with E-state index in [1.54, 1.807) is 13.8 Å². The normalized spacial score (nSPS) is 13.6. The van der Waals surface area contributed by atoms with Gasteiger partial charge >= 0.3 is 20.5 Å². The van der Waals surface area contributed by atoms with Crippen molar-refractivity contribution in [2.45, 2.75) is 84.7 Å². The lowest BCUT2D eigenvalue weighted by molar-refractivity contribution is -0.160. The Bertz CT molecular complexity index is 552. The van der Waals surface area contributed by atoms with Crippen molar-refractivity contribution in [1.82, 2.24) is 0 Å². The molecule has 0 aliphatic rings. The monoisotopic (exact) mass is 478 g/mol. The number of carbonyl (C=O) groups excluding carboxylic acids is 2. The average Bonchev–Trinajstić information content (AvgIpc) is 2.54. The van der Waals surface area contributed by atoms with Gasteiger partial charge in [0.2, 0.25) is 0 Å². The summed E-state index contributed by atoms with van der Waals surface area (Å²) in [4.78, 5) is 23.2. The average molecular weight is 479 g/mol. The smallest absolute Gasteiger partial charge is 0.333 e. The van der Waals surface area contributed by atoms with Gasteiger partial charge in [-0.3, -0.25) is 4.79 Å². The van der Waals surface area contributed by atoms with Crippen LogP contribution in [0.15, 0.2) is 12.2 Å². The Morgan fingerprint density at radius 3 is 1.90 bits per heavy atom. The zero-order chi connectivity index (χ0) is 23.6. The maximum Gasteiger partial charge on any atom is 0.333 e. The Hall–Kier alpha value is -0.789. The second-order valence-corrected chi connectivity index (χ2v) is 22.4. The summed E-state index contributed by atoms with van der Waals surface area (Å²) < 4.78 is 29.1. The Morgan fingerprint density at radius 1 is 0.933 bits per heavy atom. The largest absolute Gasteiger partial charge is 0.458 e. The van der Waals surface area contributed by atoms with Crippen molar-refractivity contribution in [3.63, 3.8) is 0 Å². The van der Waals surface area contributed by atoms with Gasteiger partial charge in [0.25, 0.3) is 0 Å². The van der Waals surface area contributed by atoms with E-state index in [-0.39, 0.29) is 25.6 Å². The molecular weight excluding hydrogens is 436 g/mol. The summed E-state index contributed by atoms with van der Waals surface area (Å²) in [7, 11) is -5.75. The molecule has 0 saturated carbocycles. The van der Waals surface area contributed by atoms with Gasteiger partial charge in [-0.2, -0.15) is 0 Å². The van der Waals surface area contributed by atoms with E-state index in [4.69, 9.17) is 22.4 Å². The molecule has 0 saturated heterocycles. The van der Waals surface area contributed by atoms with Crippen LogP contribution in [-0.2, 0) is 32.0 Å². The molecule has 0 N–H and O–H groups in total. The molecule has 10 heteroatoms. The van der Waals surface area contributed by atoms with E-state index in [0.29, 0.717) is 12.2 Å². The zero-order valence-electron chi connectivity index (χ0n) is 20.4. The molecule has 1 unspecified atom stereocenters. The van der Waals surface area contributed by atoms with Crippen LogP contribution in [-0.4, -0.2) is 63.1 Å². The first kappa shape index (κ1) is 29.2. The lowest BCUT2D eigenvalue weighted by Crippen LogP contribution is -2.52. The summed E-state index contributed by atoms with van der Waals surface area (Å²) in [6.45, 7) is 22.7. The van der Waals surface area contributed by atoms with Gasteiger partial charge in [0.1, 0.15) is 6.61 Å². The molecule has 0 bridgehead atoms. The predicted octanol–water partition coefficient (Wildman–Crippen LogP) is 4.61. The standard InChI is InChI=1S/C20H42O7Si3/c1-11-19(21)25-18(16-24-20(22)17(2)3)15-23-13-12-14-30(10,26-28(4,5)6)27-29(7,8)9/h18H,2,11-16H2,1,3-10H3. The minimum absolute atomic E-state index is 0.0542. The highest BCUT2D eigenvalue weighted by molar-refractivity contribution is 6.87. The lowest BCUT2D eigenvalue weighted by atomic mass is 10.3. The van der Waals surface area contributed by atoms with E-state index in [2.05, 4.69) is 52.4 Å². The number of ether oxygens (including phenoxy) is 3. The quantitative estimate of drug-likeness (QED) is 0.147. The van der Waals surface area contributed by atoms with Crippen LogP contribution in [0.2, 0.25) is 51.9 Å². The maximum atomic E-state index is 11.6. The second kappa shape index (κ2) is 12.9. The summed E-state index contributed by atoms with van der Waals surface area (Å²) >= 11 is 0. The highest BCUT2D eigenvalue weighted by Gasteiger charge is 2.39. The minimum Gasteiger partial charge on any atom is -0.458 e. The highest BCUT2D eigenvalue weighted by Crippen LogP contribution is 2.25. The van der Waals surface area contributed by atoms with Crippen LogP contribution in [0.4, 0.5) is 0 Å². The van der Waals surface area contributed by atoms with E-state index < -0.39 is 37.3 Å². The van der Waals surface area contributed by atoms with Gasteiger partial charge < -0.3 is 22.4 Å². The van der Waals surface area contributed by atoms with Crippen molar-refractivity contribution < 1.29 is 32.0 Å². The summed E-state index contributed by atoms with van der Waals surface area (Å²) in [5, 5.41) is 0. The molecule has 0 fully saturated rings. The third kappa shape index (κ3) is 15.1. The first-order chi connectivity index (χ1) is 13.6. The van der Waals surface area contributed by atoms with E-state index in [1.807, 2.05) is 0 Å². The number of rotatable bonds is 15. The summed E-state index contributed by atoms with van der Waals surface area (Å²) in [6.07, 6.45) is 0.398. The fourth-order valence-corrected chi connectivity index (χ4v) is 15.3. The SMILES string of the molecule is C=C(C)C(=O)OCC(COCCC[Si](C)(O[Si](C)(C)C)O[Si](C)(C)C)OC(=O)CC. The molecule has 1 atom stereocenters. The molecule has 0 rings (SSSR count). The fourth-order valence-electron chi connectivity index (χ4n) is 2.81. The number of esters is 2. The van der Waals surface area contributed by atoms with Gasteiger partial charge in [-0.1, -0.05) is 13.5 Å². The third-order valence-corrected chi connectivity index (χ3v) is 13.2. The van der Waals surface area contributed by atoms with Gasteiger partial charge in [0.15, 0.2) is 22.7 Å². The van der Waals surface area contributed by atoms with Gasteiger partial charge in [-0.25, -0.2) is 4.79 Å². The second-order valence-electron chi connectivity index (χ2n) is 9.59.